The number of hydrogen-bond donors (Lipinski definition) is 0. The van der Waals surface area contributed by atoms with Crippen LogP contribution in [0.2, 0.25) is 0 Å². The summed E-state index contributed by atoms with van der Waals surface area (Å²) in [4.78, 5) is 1.95. The fourth-order valence-electron chi connectivity index (χ4n) is 0.888. The Hall–Kier alpha value is -2.26. The predicted octanol–water partition coefficient (Wildman–Crippen LogP) is 2.15. The van der Waals surface area contributed by atoms with Crippen molar-refractivity contribution < 1.29 is 0 Å². The van der Waals surface area contributed by atoms with Crippen LogP contribution in [-0.2, 0) is 0 Å². The van der Waals surface area contributed by atoms with Crippen molar-refractivity contribution in [2.45, 2.75) is 0 Å². The van der Waals surface area contributed by atoms with Crippen molar-refractivity contribution >= 4 is 0 Å². The van der Waals surface area contributed by atoms with Crippen LogP contribution >= 0.6 is 0 Å². The summed E-state index contributed by atoms with van der Waals surface area (Å²) >= 11 is 0. The number of hydrogen-bond acceptors (Lipinski definition) is 3. The summed E-state index contributed by atoms with van der Waals surface area (Å²) in [6, 6.07) is 3.56. The first-order chi connectivity index (χ1) is 7.28. The standard InChI is InChI=1S/C12H13N3/c1-3-7-15(8-4-2)9-5-6-12(10-13)11-14/h3-6,9H,1-2,7-8H2. The zero-order valence-electron chi connectivity index (χ0n) is 8.56. The Labute approximate surface area is 90.5 Å². The normalized spacial score (nSPS) is 8.67. The summed E-state index contributed by atoms with van der Waals surface area (Å²) < 4.78 is 0. The van der Waals surface area contributed by atoms with Gasteiger partial charge in [-0.15, -0.1) is 13.2 Å². The molecular formula is C12H13N3. The van der Waals surface area contributed by atoms with Crippen LogP contribution in [0.15, 0.2) is 49.2 Å². The molecule has 0 fully saturated rings. The van der Waals surface area contributed by atoms with E-state index in [1.165, 1.54) is 6.08 Å². The molecule has 15 heavy (non-hydrogen) atoms. The van der Waals surface area contributed by atoms with E-state index in [4.69, 9.17) is 10.5 Å². The van der Waals surface area contributed by atoms with Gasteiger partial charge < -0.3 is 4.90 Å². The van der Waals surface area contributed by atoms with Gasteiger partial charge in [-0.05, 0) is 18.4 Å². The molecule has 0 spiro atoms. The smallest absolute Gasteiger partial charge is 0.129 e. The van der Waals surface area contributed by atoms with Crippen molar-refractivity contribution in [3.8, 4) is 12.1 Å². The lowest BCUT2D eigenvalue weighted by Crippen LogP contribution is -2.16. The fourth-order valence-corrected chi connectivity index (χ4v) is 0.888. The molecule has 0 aromatic rings. The van der Waals surface area contributed by atoms with Gasteiger partial charge in [0.05, 0.1) is 0 Å². The van der Waals surface area contributed by atoms with Gasteiger partial charge in [0, 0.05) is 13.1 Å². The predicted molar refractivity (Wildman–Crippen MR) is 60.4 cm³/mol. The second-order valence-electron chi connectivity index (χ2n) is 2.68. The van der Waals surface area contributed by atoms with Gasteiger partial charge in [-0.1, -0.05) is 12.2 Å². The van der Waals surface area contributed by atoms with Crippen molar-refractivity contribution in [1.82, 2.24) is 4.90 Å². The highest BCUT2D eigenvalue weighted by molar-refractivity contribution is 5.37. The minimum atomic E-state index is 0.0865. The lowest BCUT2D eigenvalue weighted by molar-refractivity contribution is 0.463. The first-order valence-electron chi connectivity index (χ1n) is 4.43. The molecular weight excluding hydrogens is 186 g/mol. The summed E-state index contributed by atoms with van der Waals surface area (Å²) in [7, 11) is 0. The Morgan fingerprint density at radius 2 is 1.67 bits per heavy atom. The molecule has 3 nitrogen and oxygen atoms in total. The Morgan fingerprint density at radius 3 is 2.07 bits per heavy atom. The molecule has 0 unspecified atom stereocenters. The molecule has 0 aliphatic carbocycles. The van der Waals surface area contributed by atoms with Crippen LogP contribution < -0.4 is 0 Å². The van der Waals surface area contributed by atoms with E-state index in [1.54, 1.807) is 36.6 Å². The second kappa shape index (κ2) is 8.34. The van der Waals surface area contributed by atoms with Crippen LogP contribution in [0.25, 0.3) is 0 Å². The van der Waals surface area contributed by atoms with Gasteiger partial charge >= 0.3 is 0 Å². The molecule has 0 bridgehead atoms. The molecule has 0 aromatic heterocycles. The van der Waals surface area contributed by atoms with E-state index in [-0.39, 0.29) is 5.57 Å². The van der Waals surface area contributed by atoms with Gasteiger partial charge in [0.25, 0.3) is 0 Å². The molecule has 0 atom stereocenters. The summed E-state index contributed by atoms with van der Waals surface area (Å²) in [6.45, 7) is 8.66. The summed E-state index contributed by atoms with van der Waals surface area (Å²) in [6.07, 6.45) is 8.46. The van der Waals surface area contributed by atoms with Gasteiger partial charge in [-0.25, -0.2) is 0 Å². The molecule has 0 heterocycles. The maximum Gasteiger partial charge on any atom is 0.129 e. The van der Waals surface area contributed by atoms with E-state index in [0.717, 1.165) is 0 Å². The van der Waals surface area contributed by atoms with E-state index in [1.807, 2.05) is 4.90 Å². The van der Waals surface area contributed by atoms with Crippen LogP contribution in [0.3, 0.4) is 0 Å². The molecule has 0 aliphatic heterocycles. The van der Waals surface area contributed by atoms with Gasteiger partial charge in [0.2, 0.25) is 0 Å². The Kier molecular flexibility index (Phi) is 7.09. The molecule has 0 amide bonds. The van der Waals surface area contributed by atoms with Gasteiger partial charge in [-0.3, -0.25) is 0 Å². The first-order valence-corrected chi connectivity index (χ1v) is 4.43. The number of rotatable bonds is 6. The van der Waals surface area contributed by atoms with Crippen molar-refractivity contribution in [1.29, 1.82) is 10.5 Å². The minimum absolute atomic E-state index is 0.0865. The highest BCUT2D eigenvalue weighted by Gasteiger charge is 1.91. The van der Waals surface area contributed by atoms with Gasteiger partial charge in [0.15, 0.2) is 0 Å². The van der Waals surface area contributed by atoms with E-state index in [0.29, 0.717) is 13.1 Å². The maximum absolute atomic E-state index is 8.48. The minimum Gasteiger partial charge on any atom is -0.370 e. The fraction of sp³-hybridized carbons (Fsp3) is 0.167. The van der Waals surface area contributed by atoms with Crippen LogP contribution in [0, 0.1) is 22.7 Å². The number of nitrogens with zero attached hydrogens (tertiary/aromatic N) is 3. The van der Waals surface area contributed by atoms with Crippen molar-refractivity contribution in [2.24, 2.45) is 0 Å². The first kappa shape index (κ1) is 12.7. The van der Waals surface area contributed by atoms with E-state index >= 15 is 0 Å². The molecule has 0 rings (SSSR count). The highest BCUT2D eigenvalue weighted by Crippen LogP contribution is 1.94. The highest BCUT2D eigenvalue weighted by atomic mass is 15.1. The topological polar surface area (TPSA) is 50.8 Å². The van der Waals surface area contributed by atoms with Crippen molar-refractivity contribution in [3.05, 3.63) is 49.2 Å². The van der Waals surface area contributed by atoms with Crippen LogP contribution in [0.1, 0.15) is 0 Å². The summed E-state index contributed by atoms with van der Waals surface area (Å²) in [5.74, 6) is 0. The Balaban J connectivity index is 4.41. The molecule has 0 radical (unpaired) electrons. The molecule has 0 N–H and O–H groups in total. The third-order valence-electron chi connectivity index (χ3n) is 1.53. The number of allylic oxidation sites excluding steroid dienone is 3. The van der Waals surface area contributed by atoms with Gasteiger partial charge in [-0.2, -0.15) is 10.5 Å². The average Bonchev–Trinajstić information content (AvgIpc) is 2.25. The Morgan fingerprint density at radius 1 is 1.13 bits per heavy atom. The molecule has 76 valence electrons. The van der Waals surface area contributed by atoms with Crippen LogP contribution in [0.4, 0.5) is 0 Å². The van der Waals surface area contributed by atoms with Gasteiger partial charge in [0.1, 0.15) is 17.7 Å². The molecule has 0 aliphatic rings. The molecule has 3 heteroatoms. The average molecular weight is 199 g/mol. The van der Waals surface area contributed by atoms with E-state index in [9.17, 15) is 0 Å². The van der Waals surface area contributed by atoms with Crippen molar-refractivity contribution in [3.63, 3.8) is 0 Å². The summed E-state index contributed by atoms with van der Waals surface area (Å²) in [5, 5.41) is 17.0. The van der Waals surface area contributed by atoms with E-state index < -0.39 is 0 Å². The van der Waals surface area contributed by atoms with Crippen LogP contribution in [0.5, 0.6) is 0 Å². The molecule has 0 saturated heterocycles. The quantitative estimate of drug-likeness (QED) is 0.374. The Bertz CT molecular complexity index is 324. The number of nitriles is 2. The SMILES string of the molecule is C=CCN(C=CC=C(C#N)C#N)CC=C. The maximum atomic E-state index is 8.48. The second-order valence-corrected chi connectivity index (χ2v) is 2.68. The lowest BCUT2D eigenvalue weighted by atomic mass is 10.3. The van der Waals surface area contributed by atoms with Crippen molar-refractivity contribution in [2.75, 3.05) is 13.1 Å². The molecule has 0 aromatic carbocycles. The van der Waals surface area contributed by atoms with Crippen LogP contribution in [-0.4, -0.2) is 18.0 Å². The zero-order chi connectivity index (χ0) is 11.5. The third-order valence-corrected chi connectivity index (χ3v) is 1.53. The van der Waals surface area contributed by atoms with E-state index in [2.05, 4.69) is 13.2 Å². The zero-order valence-corrected chi connectivity index (χ0v) is 8.56. The lowest BCUT2D eigenvalue weighted by Gasteiger charge is -2.14. The monoisotopic (exact) mass is 199 g/mol. The largest absolute Gasteiger partial charge is 0.370 e. The third kappa shape index (κ3) is 5.90. The summed E-state index contributed by atoms with van der Waals surface area (Å²) in [5.41, 5.74) is 0.0865. The molecule has 0 saturated carbocycles.